The van der Waals surface area contributed by atoms with Gasteiger partial charge in [0.15, 0.2) is 0 Å². The number of hydrogen-bond acceptors (Lipinski definition) is 4. The number of benzene rings is 2. The molecule has 0 spiro atoms. The highest BCUT2D eigenvalue weighted by Gasteiger charge is 2.18. The highest BCUT2D eigenvalue weighted by atomic mass is 19.1. The van der Waals surface area contributed by atoms with Crippen LogP contribution in [0.3, 0.4) is 0 Å². The van der Waals surface area contributed by atoms with E-state index >= 15 is 0 Å². The molecule has 28 heavy (non-hydrogen) atoms. The van der Waals surface area contributed by atoms with Gasteiger partial charge >= 0.3 is 0 Å². The van der Waals surface area contributed by atoms with Crippen LogP contribution in [0.15, 0.2) is 65.4 Å². The van der Waals surface area contributed by atoms with Crippen molar-refractivity contribution >= 4 is 11.6 Å². The molecule has 0 fully saturated rings. The normalized spacial score (nSPS) is 10.8. The minimum Gasteiger partial charge on any atom is -0.423 e. The van der Waals surface area contributed by atoms with Crippen molar-refractivity contribution in [3.63, 3.8) is 0 Å². The molecule has 0 radical (unpaired) electrons. The Bertz CT molecular complexity index is 1150. The average Bonchev–Trinajstić information content (AvgIpc) is 3.31. The van der Waals surface area contributed by atoms with E-state index in [0.717, 1.165) is 5.69 Å². The molecule has 0 aliphatic heterocycles. The van der Waals surface area contributed by atoms with Crippen molar-refractivity contribution < 1.29 is 13.6 Å². The molecule has 2 heterocycles. The maximum atomic E-state index is 14.2. The molecule has 1 N–H and O–H groups in total. The molecular weight excluding hydrogens is 359 g/mol. The summed E-state index contributed by atoms with van der Waals surface area (Å²) in [5, 5.41) is 10.4. The zero-order valence-corrected chi connectivity index (χ0v) is 15.3. The molecule has 2 aromatic carbocycles. The van der Waals surface area contributed by atoms with Gasteiger partial charge < -0.3 is 14.3 Å². The van der Waals surface area contributed by atoms with E-state index < -0.39 is 0 Å². The number of aromatic nitrogens is 3. The van der Waals surface area contributed by atoms with Crippen LogP contribution in [0, 0.1) is 19.7 Å². The van der Waals surface area contributed by atoms with Crippen LogP contribution >= 0.6 is 0 Å². The van der Waals surface area contributed by atoms with Crippen LogP contribution in [0.25, 0.3) is 17.1 Å². The first-order valence-electron chi connectivity index (χ1n) is 8.66. The highest BCUT2D eigenvalue weighted by Crippen LogP contribution is 2.25. The molecule has 4 rings (SSSR count). The standard InChI is InChI=1S/C21H17FN4O2/c1-13-10-17(14(2)26(13)19-9-4-3-8-18(19)22)20(27)24-16-7-5-6-15(11-16)21-25-23-12-28-21/h3-12H,1-2H3,(H,24,27). The fraction of sp³-hybridized carbons (Fsp3) is 0.0952. The summed E-state index contributed by atoms with van der Waals surface area (Å²) in [6, 6.07) is 15.4. The van der Waals surface area contributed by atoms with E-state index in [4.69, 9.17) is 4.42 Å². The molecule has 0 aliphatic rings. The van der Waals surface area contributed by atoms with Crippen molar-refractivity contribution in [3.05, 3.63) is 83.8 Å². The number of nitrogens with zero attached hydrogens (tertiary/aromatic N) is 3. The average molecular weight is 376 g/mol. The number of rotatable bonds is 4. The zero-order valence-electron chi connectivity index (χ0n) is 15.3. The summed E-state index contributed by atoms with van der Waals surface area (Å²) in [5.74, 6) is -0.254. The first-order valence-corrected chi connectivity index (χ1v) is 8.66. The van der Waals surface area contributed by atoms with E-state index in [9.17, 15) is 9.18 Å². The fourth-order valence-electron chi connectivity index (χ4n) is 3.22. The van der Waals surface area contributed by atoms with Crippen molar-refractivity contribution in [2.24, 2.45) is 0 Å². The summed E-state index contributed by atoms with van der Waals surface area (Å²) in [6.45, 7) is 3.63. The van der Waals surface area contributed by atoms with Crippen LogP contribution in [0.2, 0.25) is 0 Å². The highest BCUT2D eigenvalue weighted by molar-refractivity contribution is 6.05. The van der Waals surface area contributed by atoms with Gasteiger partial charge in [-0.15, -0.1) is 10.2 Å². The second-order valence-electron chi connectivity index (χ2n) is 6.35. The number of para-hydroxylation sites is 1. The van der Waals surface area contributed by atoms with E-state index in [1.54, 1.807) is 54.0 Å². The molecule has 140 valence electrons. The Morgan fingerprint density at radius 3 is 2.68 bits per heavy atom. The minimum absolute atomic E-state index is 0.279. The maximum Gasteiger partial charge on any atom is 0.257 e. The molecule has 0 aliphatic carbocycles. The fourth-order valence-corrected chi connectivity index (χ4v) is 3.22. The lowest BCUT2D eigenvalue weighted by Crippen LogP contribution is -2.13. The maximum absolute atomic E-state index is 14.2. The number of hydrogen-bond donors (Lipinski definition) is 1. The molecule has 0 saturated heterocycles. The SMILES string of the molecule is Cc1cc(C(=O)Nc2cccc(-c3nnco3)c2)c(C)n1-c1ccccc1F. The third kappa shape index (κ3) is 3.18. The summed E-state index contributed by atoms with van der Waals surface area (Å²) < 4.78 is 21.2. The quantitative estimate of drug-likeness (QED) is 0.568. The van der Waals surface area contributed by atoms with Gasteiger partial charge in [-0.3, -0.25) is 4.79 Å². The van der Waals surface area contributed by atoms with Gasteiger partial charge in [0.25, 0.3) is 5.91 Å². The third-order valence-corrected chi connectivity index (χ3v) is 4.50. The van der Waals surface area contributed by atoms with Crippen molar-refractivity contribution in [3.8, 4) is 17.1 Å². The smallest absolute Gasteiger partial charge is 0.257 e. The summed E-state index contributed by atoms with van der Waals surface area (Å²) in [4.78, 5) is 12.8. The molecule has 0 saturated carbocycles. The van der Waals surface area contributed by atoms with E-state index in [1.807, 2.05) is 13.0 Å². The van der Waals surface area contributed by atoms with Crippen molar-refractivity contribution in [1.29, 1.82) is 0 Å². The minimum atomic E-state index is -0.344. The van der Waals surface area contributed by atoms with Crippen molar-refractivity contribution in [2.75, 3.05) is 5.32 Å². The number of nitrogens with one attached hydrogen (secondary N) is 1. The lowest BCUT2D eigenvalue weighted by atomic mass is 10.2. The Balaban J connectivity index is 1.64. The first-order chi connectivity index (χ1) is 13.5. The molecule has 6 nitrogen and oxygen atoms in total. The van der Waals surface area contributed by atoms with Gasteiger partial charge in [-0.05, 0) is 50.2 Å². The van der Waals surface area contributed by atoms with E-state index in [-0.39, 0.29) is 11.7 Å². The number of carbonyl (C=O) groups excluding carboxylic acids is 1. The van der Waals surface area contributed by atoms with Gasteiger partial charge in [0.2, 0.25) is 12.3 Å². The predicted octanol–water partition coefficient (Wildman–Crippen LogP) is 4.54. The van der Waals surface area contributed by atoms with Gasteiger partial charge in [0.1, 0.15) is 5.82 Å². The predicted molar refractivity (Wildman–Crippen MR) is 103 cm³/mol. The number of carbonyl (C=O) groups is 1. The van der Waals surface area contributed by atoms with Crippen LogP contribution in [0.1, 0.15) is 21.7 Å². The lowest BCUT2D eigenvalue weighted by molar-refractivity contribution is 0.102. The van der Waals surface area contributed by atoms with Crippen molar-refractivity contribution in [2.45, 2.75) is 13.8 Å². The summed E-state index contributed by atoms with van der Waals surface area (Å²) in [5.41, 5.74) is 3.61. The van der Waals surface area contributed by atoms with Crippen LogP contribution in [-0.2, 0) is 0 Å². The number of halogens is 1. The Morgan fingerprint density at radius 1 is 1.11 bits per heavy atom. The molecular formula is C21H17FN4O2. The van der Waals surface area contributed by atoms with Gasteiger partial charge in [-0.2, -0.15) is 0 Å². The van der Waals surface area contributed by atoms with E-state index in [0.29, 0.717) is 34.1 Å². The molecule has 0 unspecified atom stereocenters. The molecule has 0 atom stereocenters. The molecule has 4 aromatic rings. The van der Waals surface area contributed by atoms with Crippen LogP contribution in [-0.4, -0.2) is 20.7 Å². The zero-order chi connectivity index (χ0) is 19.7. The van der Waals surface area contributed by atoms with Crippen LogP contribution in [0.4, 0.5) is 10.1 Å². The topological polar surface area (TPSA) is 73.0 Å². The molecule has 0 bridgehead atoms. The Hall–Kier alpha value is -3.74. The molecule has 2 aromatic heterocycles. The summed E-state index contributed by atoms with van der Waals surface area (Å²) in [6.07, 6.45) is 1.25. The van der Waals surface area contributed by atoms with Crippen molar-refractivity contribution in [1.82, 2.24) is 14.8 Å². The Kier molecular flexibility index (Phi) is 4.49. The van der Waals surface area contributed by atoms with Gasteiger partial charge in [0, 0.05) is 22.6 Å². The molecule has 7 heteroatoms. The largest absolute Gasteiger partial charge is 0.423 e. The molecule has 1 amide bonds. The van der Waals surface area contributed by atoms with Gasteiger partial charge in [-0.1, -0.05) is 18.2 Å². The third-order valence-electron chi connectivity index (χ3n) is 4.50. The summed E-state index contributed by atoms with van der Waals surface area (Å²) in [7, 11) is 0. The van der Waals surface area contributed by atoms with Crippen LogP contribution < -0.4 is 5.32 Å². The van der Waals surface area contributed by atoms with E-state index in [2.05, 4.69) is 15.5 Å². The Morgan fingerprint density at radius 2 is 1.93 bits per heavy atom. The summed E-state index contributed by atoms with van der Waals surface area (Å²) >= 11 is 0. The second-order valence-corrected chi connectivity index (χ2v) is 6.35. The number of aryl methyl sites for hydroxylation is 1. The second kappa shape index (κ2) is 7.11. The van der Waals surface area contributed by atoms with E-state index in [1.165, 1.54) is 12.5 Å². The monoisotopic (exact) mass is 376 g/mol. The number of amides is 1. The number of anilines is 1. The lowest BCUT2D eigenvalue weighted by Gasteiger charge is -2.11. The van der Waals surface area contributed by atoms with Gasteiger partial charge in [0.05, 0.1) is 11.3 Å². The Labute approximate surface area is 160 Å². The first kappa shape index (κ1) is 17.7. The van der Waals surface area contributed by atoms with Gasteiger partial charge in [-0.25, -0.2) is 4.39 Å². The van der Waals surface area contributed by atoms with Crippen LogP contribution in [0.5, 0.6) is 0 Å².